The van der Waals surface area contributed by atoms with Gasteiger partial charge in [0.2, 0.25) is 0 Å². The summed E-state index contributed by atoms with van der Waals surface area (Å²) in [6, 6.07) is 0. The molecule has 0 aromatic carbocycles. The molecule has 0 aliphatic rings. The van der Waals surface area contributed by atoms with E-state index >= 15 is 0 Å². The zero-order valence-electron chi connectivity index (χ0n) is 7.32. The van der Waals surface area contributed by atoms with Crippen LogP contribution in [0.1, 0.15) is 26.2 Å². The van der Waals surface area contributed by atoms with E-state index in [0.29, 0.717) is 6.42 Å². The Bertz CT molecular complexity index is 186. The second-order valence-electron chi connectivity index (χ2n) is 2.51. The topological polar surface area (TPSA) is 63.6 Å². The summed E-state index contributed by atoms with van der Waals surface area (Å²) < 4.78 is 26.3. The van der Waals surface area contributed by atoms with Crippen LogP contribution >= 0.6 is 0 Å². The van der Waals surface area contributed by atoms with Crippen molar-refractivity contribution in [2.75, 3.05) is 19.0 Å². The molecule has 74 valence electrons. The van der Waals surface area contributed by atoms with Gasteiger partial charge in [0.15, 0.2) is 0 Å². The predicted molar refractivity (Wildman–Crippen MR) is 46.3 cm³/mol. The van der Waals surface area contributed by atoms with Crippen molar-refractivity contribution >= 4 is 10.1 Å². The van der Waals surface area contributed by atoms with Crippen molar-refractivity contribution in [1.29, 1.82) is 0 Å². The molecule has 0 aliphatic carbocycles. The first kappa shape index (κ1) is 11.9. The fourth-order valence-corrected chi connectivity index (χ4v) is 1.76. The van der Waals surface area contributed by atoms with Crippen LogP contribution in [0.25, 0.3) is 0 Å². The van der Waals surface area contributed by atoms with Gasteiger partial charge < -0.3 is 5.11 Å². The Morgan fingerprint density at radius 2 is 2.00 bits per heavy atom. The summed E-state index contributed by atoms with van der Waals surface area (Å²) in [4.78, 5) is 0. The Balaban J connectivity index is 3.58. The first-order valence-corrected chi connectivity index (χ1v) is 5.68. The number of aliphatic hydroxyl groups is 1. The number of rotatable bonds is 7. The number of hydrogen-bond acceptors (Lipinski definition) is 4. The van der Waals surface area contributed by atoms with E-state index in [9.17, 15) is 8.42 Å². The van der Waals surface area contributed by atoms with Gasteiger partial charge in [-0.2, -0.15) is 8.42 Å². The molecule has 0 saturated heterocycles. The molecule has 0 atom stereocenters. The summed E-state index contributed by atoms with van der Waals surface area (Å²) in [5, 5.41) is 8.31. The third-order valence-electron chi connectivity index (χ3n) is 1.35. The molecule has 1 N–H and O–H groups in total. The molecule has 0 heterocycles. The lowest BCUT2D eigenvalue weighted by molar-refractivity contribution is 0.205. The molecular formula is C7H16O4S. The average Bonchev–Trinajstić information content (AvgIpc) is 2.01. The van der Waals surface area contributed by atoms with Crippen LogP contribution in [-0.4, -0.2) is 32.5 Å². The van der Waals surface area contributed by atoms with Crippen LogP contribution < -0.4 is 0 Å². The van der Waals surface area contributed by atoms with Crippen LogP contribution in [0.15, 0.2) is 0 Å². The molecular weight excluding hydrogens is 180 g/mol. The quantitative estimate of drug-likeness (QED) is 0.476. The van der Waals surface area contributed by atoms with E-state index < -0.39 is 10.1 Å². The van der Waals surface area contributed by atoms with Crippen molar-refractivity contribution in [2.24, 2.45) is 0 Å². The van der Waals surface area contributed by atoms with Crippen LogP contribution in [0.4, 0.5) is 0 Å². The SMILES string of the molecule is CCCCCS(=O)(=O)OCCO. The van der Waals surface area contributed by atoms with Gasteiger partial charge in [0.05, 0.1) is 19.0 Å². The van der Waals surface area contributed by atoms with E-state index in [1.165, 1.54) is 0 Å². The van der Waals surface area contributed by atoms with Crippen LogP contribution in [0.5, 0.6) is 0 Å². The lowest BCUT2D eigenvalue weighted by atomic mass is 10.3. The Kier molecular flexibility index (Phi) is 6.32. The zero-order valence-corrected chi connectivity index (χ0v) is 8.14. The molecule has 12 heavy (non-hydrogen) atoms. The molecule has 0 unspecified atom stereocenters. The van der Waals surface area contributed by atoms with E-state index in [1.54, 1.807) is 0 Å². The number of unbranched alkanes of at least 4 members (excludes halogenated alkanes) is 2. The normalized spacial score (nSPS) is 11.8. The smallest absolute Gasteiger partial charge is 0.267 e. The summed E-state index contributed by atoms with van der Waals surface area (Å²) in [5.74, 6) is 0.0564. The van der Waals surface area contributed by atoms with Crippen molar-refractivity contribution < 1.29 is 17.7 Å². The lowest BCUT2D eigenvalue weighted by Gasteiger charge is -2.02. The fraction of sp³-hybridized carbons (Fsp3) is 1.00. The van der Waals surface area contributed by atoms with Crippen molar-refractivity contribution in [3.05, 3.63) is 0 Å². The molecule has 5 heteroatoms. The van der Waals surface area contributed by atoms with Crippen LogP contribution in [0.2, 0.25) is 0 Å². The second-order valence-corrected chi connectivity index (χ2v) is 4.27. The predicted octanol–water partition coefficient (Wildman–Crippen LogP) is 0.515. The molecule has 0 aromatic rings. The molecule has 0 bridgehead atoms. The number of hydrogen-bond donors (Lipinski definition) is 1. The van der Waals surface area contributed by atoms with E-state index in [2.05, 4.69) is 4.18 Å². The van der Waals surface area contributed by atoms with Gasteiger partial charge in [0.25, 0.3) is 10.1 Å². The summed E-state index contributed by atoms with van der Waals surface area (Å²) in [6.45, 7) is 1.61. The first-order valence-electron chi connectivity index (χ1n) is 4.10. The molecule has 0 saturated carbocycles. The Hall–Kier alpha value is -0.130. The van der Waals surface area contributed by atoms with Crippen molar-refractivity contribution in [3.63, 3.8) is 0 Å². The van der Waals surface area contributed by atoms with Crippen LogP contribution in [0, 0.1) is 0 Å². The van der Waals surface area contributed by atoms with Gasteiger partial charge in [0, 0.05) is 0 Å². The van der Waals surface area contributed by atoms with Gasteiger partial charge in [-0.15, -0.1) is 0 Å². The minimum absolute atomic E-state index is 0.0564. The standard InChI is InChI=1S/C7H16O4S/c1-2-3-4-7-12(9,10)11-6-5-8/h8H,2-7H2,1H3. The highest BCUT2D eigenvalue weighted by Gasteiger charge is 2.09. The third kappa shape index (κ3) is 6.57. The highest BCUT2D eigenvalue weighted by molar-refractivity contribution is 7.86. The van der Waals surface area contributed by atoms with Crippen LogP contribution in [-0.2, 0) is 14.3 Å². The lowest BCUT2D eigenvalue weighted by Crippen LogP contribution is -2.13. The third-order valence-corrected chi connectivity index (χ3v) is 2.67. The molecule has 0 radical (unpaired) electrons. The Morgan fingerprint density at radius 3 is 2.50 bits per heavy atom. The molecule has 0 aromatic heterocycles. The monoisotopic (exact) mass is 196 g/mol. The van der Waals surface area contributed by atoms with Crippen LogP contribution in [0.3, 0.4) is 0 Å². The number of aliphatic hydroxyl groups excluding tert-OH is 1. The summed E-state index contributed by atoms with van der Waals surface area (Å²) >= 11 is 0. The Labute approximate surface area is 73.7 Å². The minimum Gasteiger partial charge on any atom is -0.394 e. The summed E-state index contributed by atoms with van der Waals surface area (Å²) in [6.07, 6.45) is 2.50. The Morgan fingerprint density at radius 1 is 1.33 bits per heavy atom. The molecule has 0 rings (SSSR count). The second kappa shape index (κ2) is 6.39. The van der Waals surface area contributed by atoms with Gasteiger partial charge in [-0.05, 0) is 6.42 Å². The maximum atomic E-state index is 10.9. The molecule has 0 aliphatic heterocycles. The zero-order chi connectivity index (χ0) is 9.45. The summed E-state index contributed by atoms with van der Waals surface area (Å²) in [5.41, 5.74) is 0. The van der Waals surface area contributed by atoms with Crippen molar-refractivity contribution in [3.8, 4) is 0 Å². The van der Waals surface area contributed by atoms with Crippen molar-refractivity contribution in [1.82, 2.24) is 0 Å². The molecule has 0 amide bonds. The van der Waals surface area contributed by atoms with Gasteiger partial charge in [-0.25, -0.2) is 0 Å². The molecule has 0 fully saturated rings. The van der Waals surface area contributed by atoms with Gasteiger partial charge >= 0.3 is 0 Å². The van der Waals surface area contributed by atoms with E-state index in [4.69, 9.17) is 5.11 Å². The average molecular weight is 196 g/mol. The molecule has 0 spiro atoms. The maximum Gasteiger partial charge on any atom is 0.267 e. The van der Waals surface area contributed by atoms with E-state index in [0.717, 1.165) is 12.8 Å². The van der Waals surface area contributed by atoms with E-state index in [1.807, 2.05) is 6.92 Å². The maximum absolute atomic E-state index is 10.9. The fourth-order valence-electron chi connectivity index (χ4n) is 0.752. The highest BCUT2D eigenvalue weighted by Crippen LogP contribution is 2.00. The molecule has 4 nitrogen and oxygen atoms in total. The summed E-state index contributed by atoms with van der Waals surface area (Å²) in [7, 11) is -3.38. The van der Waals surface area contributed by atoms with Crippen molar-refractivity contribution in [2.45, 2.75) is 26.2 Å². The van der Waals surface area contributed by atoms with Gasteiger partial charge in [-0.1, -0.05) is 19.8 Å². The minimum atomic E-state index is -3.38. The largest absolute Gasteiger partial charge is 0.394 e. The van der Waals surface area contributed by atoms with E-state index in [-0.39, 0.29) is 19.0 Å². The van der Waals surface area contributed by atoms with Gasteiger partial charge in [0.1, 0.15) is 0 Å². The van der Waals surface area contributed by atoms with Gasteiger partial charge in [-0.3, -0.25) is 4.18 Å². The highest BCUT2D eigenvalue weighted by atomic mass is 32.2. The first-order chi connectivity index (χ1) is 5.62.